The van der Waals surface area contributed by atoms with Gasteiger partial charge in [-0.15, -0.1) is 0 Å². The van der Waals surface area contributed by atoms with E-state index in [1.807, 2.05) is 0 Å². The molecule has 1 aliphatic heterocycles. The molecule has 0 saturated carbocycles. The zero-order chi connectivity index (χ0) is 17.5. The zero-order valence-corrected chi connectivity index (χ0v) is 13.3. The molecule has 8 nitrogen and oxygen atoms in total. The molecule has 0 radical (unpaired) electrons. The first-order chi connectivity index (χ1) is 11.5. The van der Waals surface area contributed by atoms with E-state index < -0.39 is 30.4 Å². The largest absolute Gasteiger partial charge is 0.463 e. The molecule has 8 heteroatoms. The van der Waals surface area contributed by atoms with Crippen molar-refractivity contribution in [3.05, 3.63) is 35.8 Å². The van der Waals surface area contributed by atoms with Crippen LogP contribution in [0.25, 0.3) is 0 Å². The summed E-state index contributed by atoms with van der Waals surface area (Å²) < 4.78 is 26.4. The molecule has 130 valence electrons. The normalized spacial score (nSPS) is 22.8. The van der Waals surface area contributed by atoms with E-state index in [-0.39, 0.29) is 19.0 Å². The highest BCUT2D eigenvalue weighted by molar-refractivity contribution is 5.70. The van der Waals surface area contributed by atoms with E-state index in [4.69, 9.17) is 23.4 Å². The van der Waals surface area contributed by atoms with E-state index in [1.54, 1.807) is 18.2 Å². The Morgan fingerprint density at radius 3 is 2.62 bits per heavy atom. The monoisotopic (exact) mass is 338 g/mol. The SMILES string of the molecule is CC(=O)OC[C@H]1O[C@H](OCc2ccc(C=O)o2)C=C[C@@H]1OC(C)=O. The van der Waals surface area contributed by atoms with Gasteiger partial charge in [0.1, 0.15) is 31.2 Å². The first kappa shape index (κ1) is 17.9. The number of furan rings is 1. The molecule has 2 rings (SSSR count). The predicted molar refractivity (Wildman–Crippen MR) is 78.9 cm³/mol. The molecule has 0 fully saturated rings. The summed E-state index contributed by atoms with van der Waals surface area (Å²) in [6.45, 7) is 2.56. The van der Waals surface area contributed by atoms with Gasteiger partial charge >= 0.3 is 11.9 Å². The summed E-state index contributed by atoms with van der Waals surface area (Å²) in [5.41, 5.74) is 0. The van der Waals surface area contributed by atoms with Crippen LogP contribution in [0.15, 0.2) is 28.7 Å². The van der Waals surface area contributed by atoms with E-state index in [1.165, 1.54) is 19.9 Å². The van der Waals surface area contributed by atoms with E-state index in [2.05, 4.69) is 0 Å². The number of carbonyl (C=O) groups is 3. The van der Waals surface area contributed by atoms with Crippen molar-refractivity contribution in [2.24, 2.45) is 0 Å². The lowest BCUT2D eigenvalue weighted by atomic mass is 10.1. The Morgan fingerprint density at radius 2 is 2.00 bits per heavy atom. The van der Waals surface area contributed by atoms with Gasteiger partial charge in [-0.05, 0) is 24.3 Å². The maximum absolute atomic E-state index is 11.1. The van der Waals surface area contributed by atoms with Crippen LogP contribution in [-0.4, -0.2) is 43.3 Å². The van der Waals surface area contributed by atoms with Gasteiger partial charge in [0.05, 0.1) is 0 Å². The van der Waals surface area contributed by atoms with Crippen LogP contribution in [0.1, 0.15) is 30.2 Å². The summed E-state index contributed by atoms with van der Waals surface area (Å²) in [5, 5.41) is 0. The quantitative estimate of drug-likeness (QED) is 0.417. The minimum absolute atomic E-state index is 0.0759. The molecule has 0 aliphatic carbocycles. The highest BCUT2D eigenvalue weighted by Crippen LogP contribution is 2.19. The molecule has 0 bridgehead atoms. The average molecular weight is 338 g/mol. The molecule has 0 amide bonds. The van der Waals surface area contributed by atoms with Crippen LogP contribution in [0.3, 0.4) is 0 Å². The van der Waals surface area contributed by atoms with Crippen LogP contribution in [0.2, 0.25) is 0 Å². The number of hydrogen-bond donors (Lipinski definition) is 0. The molecule has 1 aliphatic rings. The van der Waals surface area contributed by atoms with Crippen LogP contribution in [0.5, 0.6) is 0 Å². The average Bonchev–Trinajstić information content (AvgIpc) is 3.00. The van der Waals surface area contributed by atoms with Gasteiger partial charge in [0.15, 0.2) is 18.3 Å². The number of carbonyl (C=O) groups excluding carboxylic acids is 3. The Morgan fingerprint density at radius 1 is 1.21 bits per heavy atom. The van der Waals surface area contributed by atoms with Crippen LogP contribution < -0.4 is 0 Å². The molecule has 0 aromatic carbocycles. The van der Waals surface area contributed by atoms with Crippen molar-refractivity contribution in [3.8, 4) is 0 Å². The number of aldehydes is 1. The third kappa shape index (κ3) is 5.32. The molecule has 3 atom stereocenters. The number of rotatable bonds is 7. The fourth-order valence-electron chi connectivity index (χ4n) is 2.05. The molecule has 24 heavy (non-hydrogen) atoms. The Hall–Kier alpha value is -2.45. The smallest absolute Gasteiger partial charge is 0.303 e. The van der Waals surface area contributed by atoms with E-state index >= 15 is 0 Å². The van der Waals surface area contributed by atoms with Crippen LogP contribution in [0.4, 0.5) is 0 Å². The summed E-state index contributed by atoms with van der Waals surface area (Å²) >= 11 is 0. The maximum Gasteiger partial charge on any atom is 0.303 e. The lowest BCUT2D eigenvalue weighted by Crippen LogP contribution is -2.42. The van der Waals surface area contributed by atoms with Crippen molar-refractivity contribution >= 4 is 18.2 Å². The van der Waals surface area contributed by atoms with E-state index in [9.17, 15) is 14.4 Å². The standard InChI is InChI=1S/C16H18O8/c1-10(18)20-9-15-14(22-11(2)19)5-6-16(24-15)21-8-13-4-3-12(7-17)23-13/h3-7,14-16H,8-9H2,1-2H3/t14-,15+,16-/m0/s1. The molecular formula is C16H18O8. The van der Waals surface area contributed by atoms with Crippen molar-refractivity contribution in [1.82, 2.24) is 0 Å². The Labute approximate surface area is 138 Å². The summed E-state index contributed by atoms with van der Waals surface area (Å²) in [5.74, 6) is -0.272. The third-order valence-corrected chi connectivity index (χ3v) is 3.07. The molecular weight excluding hydrogens is 320 g/mol. The van der Waals surface area contributed by atoms with Gasteiger partial charge in [0.2, 0.25) is 0 Å². The van der Waals surface area contributed by atoms with E-state index in [0.717, 1.165) is 0 Å². The minimum Gasteiger partial charge on any atom is -0.463 e. The molecule has 0 unspecified atom stereocenters. The van der Waals surface area contributed by atoms with Crippen LogP contribution >= 0.6 is 0 Å². The molecule has 1 aromatic rings. The van der Waals surface area contributed by atoms with Crippen molar-refractivity contribution in [1.29, 1.82) is 0 Å². The molecule has 0 spiro atoms. The summed E-state index contributed by atoms with van der Waals surface area (Å²) in [6.07, 6.45) is 1.70. The maximum atomic E-state index is 11.1. The fourth-order valence-corrected chi connectivity index (χ4v) is 2.05. The predicted octanol–water partition coefficient (Wildman–Crippen LogP) is 1.38. The van der Waals surface area contributed by atoms with Crippen molar-refractivity contribution < 1.29 is 37.7 Å². The topological polar surface area (TPSA) is 101 Å². The summed E-state index contributed by atoms with van der Waals surface area (Å²) in [7, 11) is 0. The molecule has 2 heterocycles. The second kappa shape index (κ2) is 8.42. The van der Waals surface area contributed by atoms with Gasteiger partial charge < -0.3 is 23.4 Å². The van der Waals surface area contributed by atoms with Crippen LogP contribution in [0, 0.1) is 0 Å². The highest BCUT2D eigenvalue weighted by atomic mass is 16.7. The van der Waals surface area contributed by atoms with Crippen LogP contribution in [-0.2, 0) is 35.1 Å². The summed E-state index contributed by atoms with van der Waals surface area (Å²) in [4.78, 5) is 32.7. The first-order valence-corrected chi connectivity index (χ1v) is 7.28. The number of ether oxygens (including phenoxy) is 4. The number of esters is 2. The molecule has 1 aromatic heterocycles. The van der Waals surface area contributed by atoms with Gasteiger partial charge in [0.25, 0.3) is 0 Å². The Balaban J connectivity index is 1.94. The lowest BCUT2D eigenvalue weighted by molar-refractivity contribution is -0.201. The second-order valence-electron chi connectivity index (χ2n) is 5.04. The lowest BCUT2D eigenvalue weighted by Gasteiger charge is -2.31. The fraction of sp³-hybridized carbons (Fsp3) is 0.438. The third-order valence-electron chi connectivity index (χ3n) is 3.07. The van der Waals surface area contributed by atoms with Crippen molar-refractivity contribution in [3.63, 3.8) is 0 Å². The molecule has 0 N–H and O–H groups in total. The zero-order valence-electron chi connectivity index (χ0n) is 13.3. The highest BCUT2D eigenvalue weighted by Gasteiger charge is 2.31. The number of hydrogen-bond acceptors (Lipinski definition) is 8. The molecule has 0 saturated heterocycles. The van der Waals surface area contributed by atoms with Crippen molar-refractivity contribution in [2.45, 2.75) is 39.0 Å². The van der Waals surface area contributed by atoms with Gasteiger partial charge in [0, 0.05) is 13.8 Å². The summed E-state index contributed by atoms with van der Waals surface area (Å²) in [6, 6.07) is 3.15. The van der Waals surface area contributed by atoms with Gasteiger partial charge in [-0.2, -0.15) is 0 Å². The minimum atomic E-state index is -0.734. The second-order valence-corrected chi connectivity index (χ2v) is 5.04. The van der Waals surface area contributed by atoms with E-state index in [0.29, 0.717) is 12.0 Å². The Kier molecular flexibility index (Phi) is 6.28. The Bertz CT molecular complexity index is 617. The van der Waals surface area contributed by atoms with Gasteiger partial charge in [-0.3, -0.25) is 14.4 Å². The van der Waals surface area contributed by atoms with Crippen molar-refractivity contribution in [2.75, 3.05) is 6.61 Å². The van der Waals surface area contributed by atoms with Gasteiger partial charge in [-0.25, -0.2) is 0 Å². The first-order valence-electron chi connectivity index (χ1n) is 7.28. The van der Waals surface area contributed by atoms with Gasteiger partial charge in [-0.1, -0.05) is 0 Å².